The molecule has 0 radical (unpaired) electrons. The van der Waals surface area contributed by atoms with Crippen molar-refractivity contribution in [3.63, 3.8) is 0 Å². The second kappa shape index (κ2) is 7.25. The van der Waals surface area contributed by atoms with E-state index in [1.54, 1.807) is 14.2 Å². The highest BCUT2D eigenvalue weighted by atomic mass is 35.5. The van der Waals surface area contributed by atoms with Gasteiger partial charge in [0.05, 0.1) is 12.7 Å². The number of methoxy groups -OCH3 is 2. The highest BCUT2D eigenvalue weighted by Gasteiger charge is 2.31. The summed E-state index contributed by atoms with van der Waals surface area (Å²) in [7, 11) is 3.42. The molecule has 4 heteroatoms. The molecule has 1 fully saturated rings. The molecule has 1 N–H and O–H groups in total. The molecule has 0 spiro atoms. The molecule has 1 aliphatic rings. The summed E-state index contributed by atoms with van der Waals surface area (Å²) in [5.41, 5.74) is 1.28. The fraction of sp³-hybridized carbons (Fsp3) is 0.600. The average molecular weight is 284 g/mol. The maximum absolute atomic E-state index is 6.21. The highest BCUT2D eigenvalue weighted by molar-refractivity contribution is 6.31. The number of halogens is 1. The van der Waals surface area contributed by atoms with E-state index in [0.29, 0.717) is 18.6 Å². The van der Waals surface area contributed by atoms with E-state index in [-0.39, 0.29) is 6.10 Å². The number of rotatable bonds is 7. The fourth-order valence-electron chi connectivity index (χ4n) is 2.54. The first-order chi connectivity index (χ1) is 9.24. The zero-order valence-corrected chi connectivity index (χ0v) is 12.3. The third kappa shape index (κ3) is 3.93. The first-order valence-corrected chi connectivity index (χ1v) is 7.12. The van der Waals surface area contributed by atoms with Gasteiger partial charge in [-0.25, -0.2) is 0 Å². The molecule has 0 aromatic heterocycles. The summed E-state index contributed by atoms with van der Waals surface area (Å²) in [5, 5.41) is 4.42. The van der Waals surface area contributed by atoms with Crippen molar-refractivity contribution in [3.8, 4) is 0 Å². The normalized spacial score (nSPS) is 23.9. The van der Waals surface area contributed by atoms with E-state index in [0.717, 1.165) is 24.4 Å². The quantitative estimate of drug-likeness (QED) is 0.835. The summed E-state index contributed by atoms with van der Waals surface area (Å²) in [6.45, 7) is 1.47. The van der Waals surface area contributed by atoms with Crippen LogP contribution in [-0.2, 0) is 9.47 Å². The van der Waals surface area contributed by atoms with Crippen molar-refractivity contribution in [1.82, 2.24) is 5.32 Å². The van der Waals surface area contributed by atoms with Gasteiger partial charge in [-0.1, -0.05) is 29.8 Å². The van der Waals surface area contributed by atoms with Gasteiger partial charge in [-0.3, -0.25) is 0 Å². The number of nitrogens with one attached hydrogen (secondary N) is 1. The maximum Gasteiger partial charge on any atom is 0.0928 e. The summed E-state index contributed by atoms with van der Waals surface area (Å²) in [4.78, 5) is 0. The van der Waals surface area contributed by atoms with E-state index in [1.807, 2.05) is 12.1 Å². The Hall–Kier alpha value is -0.610. The van der Waals surface area contributed by atoms with Crippen LogP contribution in [0.4, 0.5) is 0 Å². The van der Waals surface area contributed by atoms with Crippen molar-refractivity contribution in [1.29, 1.82) is 0 Å². The van der Waals surface area contributed by atoms with Crippen LogP contribution in [0.1, 0.15) is 24.3 Å². The van der Waals surface area contributed by atoms with Crippen LogP contribution in [0.15, 0.2) is 24.3 Å². The van der Waals surface area contributed by atoms with E-state index in [9.17, 15) is 0 Å². The number of ether oxygens (including phenoxy) is 2. The molecular formula is C15H22ClNO2. The molecule has 1 saturated carbocycles. The lowest BCUT2D eigenvalue weighted by atomic mass is 9.76. The molecule has 2 rings (SSSR count). The molecule has 1 aromatic rings. The van der Waals surface area contributed by atoms with Crippen LogP contribution >= 0.6 is 11.6 Å². The molecule has 3 nitrogen and oxygen atoms in total. The lowest BCUT2D eigenvalue weighted by Gasteiger charge is -2.37. The van der Waals surface area contributed by atoms with Crippen LogP contribution < -0.4 is 5.32 Å². The van der Waals surface area contributed by atoms with Gasteiger partial charge >= 0.3 is 0 Å². The Morgan fingerprint density at radius 1 is 1.32 bits per heavy atom. The summed E-state index contributed by atoms with van der Waals surface area (Å²) in [6.07, 6.45) is 2.42. The zero-order valence-electron chi connectivity index (χ0n) is 11.6. The van der Waals surface area contributed by atoms with Gasteiger partial charge in [-0.2, -0.15) is 0 Å². The van der Waals surface area contributed by atoms with Gasteiger partial charge in [0, 0.05) is 31.8 Å². The van der Waals surface area contributed by atoms with E-state index in [4.69, 9.17) is 21.1 Å². The molecule has 0 heterocycles. The summed E-state index contributed by atoms with van der Waals surface area (Å²) >= 11 is 6.21. The average Bonchev–Trinajstić information content (AvgIpc) is 2.37. The van der Waals surface area contributed by atoms with Gasteiger partial charge < -0.3 is 14.8 Å². The molecule has 0 saturated heterocycles. The van der Waals surface area contributed by atoms with E-state index >= 15 is 0 Å². The van der Waals surface area contributed by atoms with E-state index in [1.165, 1.54) is 5.56 Å². The molecule has 1 aromatic carbocycles. The molecule has 1 unspecified atom stereocenters. The largest absolute Gasteiger partial charge is 0.382 e. The third-order valence-corrected chi connectivity index (χ3v) is 4.15. The third-order valence-electron chi connectivity index (χ3n) is 3.80. The van der Waals surface area contributed by atoms with E-state index < -0.39 is 0 Å². The monoisotopic (exact) mass is 283 g/mol. The molecule has 0 aliphatic heterocycles. The van der Waals surface area contributed by atoms with Gasteiger partial charge in [0.1, 0.15) is 0 Å². The highest BCUT2D eigenvalue weighted by Crippen LogP contribution is 2.39. The Balaban J connectivity index is 1.73. The summed E-state index contributed by atoms with van der Waals surface area (Å²) in [6, 6.07) is 8.70. The van der Waals surface area contributed by atoms with Crippen LogP contribution in [0.25, 0.3) is 0 Å². The Labute approximate surface area is 120 Å². The topological polar surface area (TPSA) is 30.5 Å². The standard InChI is InChI=1S/C15H22ClNO2/c1-18-10-13(19-2)9-17-12-7-11(8-12)14-5-3-4-6-15(14)16/h3-6,11-13,17H,7-10H2,1-2H3. The first-order valence-electron chi connectivity index (χ1n) is 6.74. The Morgan fingerprint density at radius 3 is 2.68 bits per heavy atom. The van der Waals surface area contributed by atoms with Crippen LogP contribution in [0.3, 0.4) is 0 Å². The van der Waals surface area contributed by atoms with Crippen molar-refractivity contribution in [2.45, 2.75) is 30.9 Å². The summed E-state index contributed by atoms with van der Waals surface area (Å²) < 4.78 is 10.4. The summed E-state index contributed by atoms with van der Waals surface area (Å²) in [5.74, 6) is 0.592. The van der Waals surface area contributed by atoms with Crippen LogP contribution in [-0.4, -0.2) is 39.5 Å². The first kappa shape index (κ1) is 14.8. The zero-order chi connectivity index (χ0) is 13.7. The van der Waals surface area contributed by atoms with Gasteiger partial charge in [0.15, 0.2) is 0 Å². The number of benzene rings is 1. The predicted molar refractivity (Wildman–Crippen MR) is 77.9 cm³/mol. The number of hydrogen-bond acceptors (Lipinski definition) is 3. The molecule has 19 heavy (non-hydrogen) atoms. The van der Waals surface area contributed by atoms with Crippen LogP contribution in [0.5, 0.6) is 0 Å². The SMILES string of the molecule is COCC(CNC1CC(c2ccccc2Cl)C1)OC. The minimum atomic E-state index is 0.129. The molecule has 1 atom stereocenters. The van der Waals surface area contributed by atoms with E-state index in [2.05, 4.69) is 17.4 Å². The molecule has 106 valence electrons. The predicted octanol–water partition coefficient (Wildman–Crippen LogP) is 2.84. The van der Waals surface area contributed by atoms with Crippen molar-refractivity contribution < 1.29 is 9.47 Å². The maximum atomic E-state index is 6.21. The van der Waals surface area contributed by atoms with Gasteiger partial charge in [-0.15, -0.1) is 0 Å². The molecule has 0 bridgehead atoms. The Bertz CT molecular complexity index is 393. The minimum Gasteiger partial charge on any atom is -0.382 e. The second-order valence-corrected chi connectivity index (χ2v) is 5.52. The second-order valence-electron chi connectivity index (χ2n) is 5.11. The van der Waals surface area contributed by atoms with Gasteiger partial charge in [0.25, 0.3) is 0 Å². The lowest BCUT2D eigenvalue weighted by molar-refractivity contribution is 0.0251. The Morgan fingerprint density at radius 2 is 2.05 bits per heavy atom. The lowest BCUT2D eigenvalue weighted by Crippen LogP contribution is -2.44. The van der Waals surface area contributed by atoms with Crippen LogP contribution in [0, 0.1) is 0 Å². The van der Waals surface area contributed by atoms with Gasteiger partial charge in [-0.05, 0) is 30.4 Å². The van der Waals surface area contributed by atoms with Gasteiger partial charge in [0.2, 0.25) is 0 Å². The van der Waals surface area contributed by atoms with Crippen LogP contribution in [0.2, 0.25) is 5.02 Å². The van der Waals surface area contributed by atoms with Crippen molar-refractivity contribution in [2.75, 3.05) is 27.4 Å². The molecule has 1 aliphatic carbocycles. The Kier molecular flexibility index (Phi) is 5.64. The molecule has 0 amide bonds. The van der Waals surface area contributed by atoms with Crippen molar-refractivity contribution in [3.05, 3.63) is 34.9 Å². The van der Waals surface area contributed by atoms with Crippen molar-refractivity contribution in [2.24, 2.45) is 0 Å². The number of hydrogen-bond donors (Lipinski definition) is 1. The minimum absolute atomic E-state index is 0.129. The molecular weight excluding hydrogens is 262 g/mol. The fourth-order valence-corrected chi connectivity index (χ4v) is 2.83. The smallest absolute Gasteiger partial charge is 0.0928 e. The van der Waals surface area contributed by atoms with Crippen molar-refractivity contribution >= 4 is 11.6 Å².